The van der Waals surface area contributed by atoms with Crippen LogP contribution in [0.4, 0.5) is 0 Å². The summed E-state index contributed by atoms with van der Waals surface area (Å²) in [5.74, 6) is -0.855. The Balaban J connectivity index is 3.05. The molecule has 1 N–H and O–H groups in total. The second-order valence-corrected chi connectivity index (χ2v) is 4.68. The normalized spacial score (nSPS) is 11.8. The zero-order valence-electron chi connectivity index (χ0n) is 11.5. The van der Waals surface area contributed by atoms with Crippen LogP contribution in [0.2, 0.25) is 0 Å². The summed E-state index contributed by atoms with van der Waals surface area (Å²) in [6.45, 7) is 4.18. The largest absolute Gasteiger partial charge is 0.477 e. The molecule has 0 aliphatic carbocycles. The van der Waals surface area contributed by atoms with Crippen molar-refractivity contribution in [3.63, 3.8) is 0 Å². The van der Waals surface area contributed by atoms with Gasteiger partial charge >= 0.3 is 5.97 Å². The van der Waals surface area contributed by atoms with E-state index in [2.05, 4.69) is 11.9 Å². The molecule has 0 amide bonds. The van der Waals surface area contributed by atoms with Crippen molar-refractivity contribution in [2.24, 2.45) is 0 Å². The minimum atomic E-state index is -1.02. The highest BCUT2D eigenvalue weighted by molar-refractivity contribution is 5.87. The Bertz CT molecular complexity index is 478. The van der Waals surface area contributed by atoms with Crippen LogP contribution < -0.4 is 0 Å². The molecule has 0 aliphatic heterocycles. The van der Waals surface area contributed by atoms with Crippen molar-refractivity contribution < 1.29 is 9.90 Å². The standard InChI is InChI=1S/C15H20N2O2/c1-3-5-6-7-12(4-2)13-8-11(9-16)10-17-14(13)15(18)19/h8,10,12H,3-7H2,1-2H3,(H,18,19). The Kier molecular flexibility index (Phi) is 6.01. The van der Waals surface area contributed by atoms with Crippen molar-refractivity contribution in [2.45, 2.75) is 51.9 Å². The molecule has 0 aliphatic rings. The SMILES string of the molecule is CCCCCC(CC)c1cc(C#N)cnc1C(=O)O. The first kappa shape index (κ1) is 15.2. The number of aromatic carboxylic acids is 1. The molecule has 1 rings (SSSR count). The lowest BCUT2D eigenvalue weighted by molar-refractivity contribution is 0.0688. The van der Waals surface area contributed by atoms with Gasteiger partial charge < -0.3 is 5.11 Å². The summed E-state index contributed by atoms with van der Waals surface area (Å²) < 4.78 is 0. The van der Waals surface area contributed by atoms with Gasteiger partial charge in [0.2, 0.25) is 0 Å². The average molecular weight is 260 g/mol. The van der Waals surface area contributed by atoms with Crippen LogP contribution in [0.15, 0.2) is 12.3 Å². The molecule has 0 saturated heterocycles. The number of aromatic nitrogens is 1. The highest BCUT2D eigenvalue weighted by Crippen LogP contribution is 2.28. The van der Waals surface area contributed by atoms with Gasteiger partial charge in [0.15, 0.2) is 5.69 Å². The minimum absolute atomic E-state index is 0.0855. The number of nitriles is 1. The van der Waals surface area contributed by atoms with E-state index >= 15 is 0 Å². The van der Waals surface area contributed by atoms with Crippen molar-refractivity contribution in [3.8, 4) is 6.07 Å². The fourth-order valence-electron chi connectivity index (χ4n) is 2.25. The molecule has 102 valence electrons. The van der Waals surface area contributed by atoms with Crippen molar-refractivity contribution in [1.82, 2.24) is 4.98 Å². The predicted octanol–water partition coefficient (Wildman–Crippen LogP) is 3.73. The molecule has 4 nitrogen and oxygen atoms in total. The lowest BCUT2D eigenvalue weighted by atomic mass is 9.89. The van der Waals surface area contributed by atoms with E-state index in [9.17, 15) is 9.90 Å². The van der Waals surface area contributed by atoms with Crippen LogP contribution in [-0.2, 0) is 0 Å². The molecule has 1 heterocycles. The fourth-order valence-corrected chi connectivity index (χ4v) is 2.25. The Morgan fingerprint density at radius 2 is 2.21 bits per heavy atom. The molecular weight excluding hydrogens is 240 g/mol. The zero-order chi connectivity index (χ0) is 14.3. The van der Waals surface area contributed by atoms with Crippen LogP contribution in [0.5, 0.6) is 0 Å². The van der Waals surface area contributed by atoms with E-state index in [1.165, 1.54) is 6.20 Å². The number of nitrogens with zero attached hydrogens (tertiary/aromatic N) is 2. The summed E-state index contributed by atoms with van der Waals surface area (Å²) in [6.07, 6.45) is 6.49. The maximum atomic E-state index is 11.2. The molecule has 0 spiro atoms. The molecule has 0 fully saturated rings. The molecular formula is C15H20N2O2. The number of hydrogen-bond acceptors (Lipinski definition) is 3. The van der Waals surface area contributed by atoms with Gasteiger partial charge in [-0.1, -0.05) is 33.1 Å². The van der Waals surface area contributed by atoms with Gasteiger partial charge in [0.1, 0.15) is 6.07 Å². The first-order valence-corrected chi connectivity index (χ1v) is 6.77. The second-order valence-electron chi connectivity index (χ2n) is 4.68. The number of carbonyl (C=O) groups is 1. The van der Waals surface area contributed by atoms with Crippen molar-refractivity contribution in [2.75, 3.05) is 0 Å². The van der Waals surface area contributed by atoms with Crippen LogP contribution in [0, 0.1) is 11.3 Å². The van der Waals surface area contributed by atoms with E-state index in [1.54, 1.807) is 6.07 Å². The van der Waals surface area contributed by atoms with E-state index < -0.39 is 5.97 Å². The van der Waals surface area contributed by atoms with E-state index in [0.29, 0.717) is 11.1 Å². The zero-order valence-corrected chi connectivity index (χ0v) is 11.5. The highest BCUT2D eigenvalue weighted by atomic mass is 16.4. The Morgan fingerprint density at radius 1 is 1.47 bits per heavy atom. The van der Waals surface area contributed by atoms with Gasteiger partial charge in [-0.05, 0) is 30.4 Å². The number of carboxylic acids is 1. The molecule has 1 aromatic heterocycles. The van der Waals surface area contributed by atoms with Gasteiger partial charge in [0, 0.05) is 6.20 Å². The minimum Gasteiger partial charge on any atom is -0.477 e. The van der Waals surface area contributed by atoms with Crippen LogP contribution in [0.25, 0.3) is 0 Å². The third-order valence-corrected chi connectivity index (χ3v) is 3.34. The summed E-state index contributed by atoms with van der Waals surface area (Å²) in [5, 5.41) is 18.1. The van der Waals surface area contributed by atoms with Gasteiger partial charge in [0.25, 0.3) is 0 Å². The Morgan fingerprint density at radius 3 is 2.74 bits per heavy atom. The summed E-state index contributed by atoms with van der Waals surface area (Å²) in [7, 11) is 0. The van der Waals surface area contributed by atoms with Gasteiger partial charge in [-0.25, -0.2) is 9.78 Å². The summed E-state index contributed by atoms with van der Waals surface area (Å²) >= 11 is 0. The first-order valence-electron chi connectivity index (χ1n) is 6.77. The number of rotatable bonds is 7. The van der Waals surface area contributed by atoms with E-state index in [-0.39, 0.29) is 11.6 Å². The molecule has 0 bridgehead atoms. The molecule has 0 saturated carbocycles. The van der Waals surface area contributed by atoms with Crippen LogP contribution in [-0.4, -0.2) is 16.1 Å². The van der Waals surface area contributed by atoms with E-state index in [1.807, 2.05) is 13.0 Å². The highest BCUT2D eigenvalue weighted by Gasteiger charge is 2.19. The number of carboxylic acid groups (broad SMARTS) is 1. The monoisotopic (exact) mass is 260 g/mol. The van der Waals surface area contributed by atoms with Crippen LogP contribution in [0.1, 0.15) is 73.5 Å². The summed E-state index contributed by atoms with van der Waals surface area (Å²) in [4.78, 5) is 15.2. The van der Waals surface area contributed by atoms with E-state index in [4.69, 9.17) is 5.26 Å². The molecule has 1 atom stereocenters. The molecule has 4 heteroatoms. The van der Waals surface area contributed by atoms with E-state index in [0.717, 1.165) is 32.1 Å². The second kappa shape index (κ2) is 7.52. The third kappa shape index (κ3) is 4.06. The molecule has 0 aromatic carbocycles. The number of unbranched alkanes of at least 4 members (excludes halogenated alkanes) is 2. The van der Waals surface area contributed by atoms with Crippen molar-refractivity contribution in [3.05, 3.63) is 29.1 Å². The quantitative estimate of drug-likeness (QED) is 0.758. The topological polar surface area (TPSA) is 74.0 Å². The third-order valence-electron chi connectivity index (χ3n) is 3.34. The first-order chi connectivity index (χ1) is 9.13. The molecule has 0 radical (unpaired) electrons. The molecule has 1 aromatic rings. The maximum absolute atomic E-state index is 11.2. The van der Waals surface area contributed by atoms with Gasteiger partial charge in [0.05, 0.1) is 5.56 Å². The average Bonchev–Trinajstić information content (AvgIpc) is 2.43. The van der Waals surface area contributed by atoms with Crippen molar-refractivity contribution >= 4 is 5.97 Å². The number of pyridine rings is 1. The molecule has 19 heavy (non-hydrogen) atoms. The Labute approximate surface area is 114 Å². The van der Waals surface area contributed by atoms with Gasteiger partial charge in [-0.3, -0.25) is 0 Å². The van der Waals surface area contributed by atoms with Gasteiger partial charge in [-0.15, -0.1) is 0 Å². The lowest BCUT2D eigenvalue weighted by Gasteiger charge is -2.17. The van der Waals surface area contributed by atoms with Crippen LogP contribution >= 0.6 is 0 Å². The maximum Gasteiger partial charge on any atom is 0.354 e. The predicted molar refractivity (Wildman–Crippen MR) is 73.1 cm³/mol. The fraction of sp³-hybridized carbons (Fsp3) is 0.533. The Hall–Kier alpha value is -1.89. The van der Waals surface area contributed by atoms with Crippen molar-refractivity contribution in [1.29, 1.82) is 5.26 Å². The number of hydrogen-bond donors (Lipinski definition) is 1. The van der Waals surface area contributed by atoms with Gasteiger partial charge in [-0.2, -0.15) is 5.26 Å². The lowest BCUT2D eigenvalue weighted by Crippen LogP contribution is -2.10. The summed E-state index contributed by atoms with van der Waals surface area (Å²) in [5.41, 5.74) is 1.21. The van der Waals surface area contributed by atoms with Crippen LogP contribution in [0.3, 0.4) is 0 Å². The summed E-state index contributed by atoms with van der Waals surface area (Å²) in [6, 6.07) is 3.70. The molecule has 1 unspecified atom stereocenters. The smallest absolute Gasteiger partial charge is 0.354 e.